The molecule has 1 N–H and O–H groups in total. The number of benzene rings is 1. The first-order chi connectivity index (χ1) is 10.1. The third-order valence-electron chi connectivity index (χ3n) is 3.05. The van der Waals surface area contributed by atoms with E-state index in [1.165, 1.54) is 0 Å². The van der Waals surface area contributed by atoms with Gasteiger partial charge < -0.3 is 10.1 Å². The van der Waals surface area contributed by atoms with Crippen molar-refractivity contribution in [2.75, 3.05) is 6.61 Å². The molecule has 0 spiro atoms. The van der Waals surface area contributed by atoms with Crippen LogP contribution >= 0.6 is 11.3 Å². The summed E-state index contributed by atoms with van der Waals surface area (Å²) in [5.41, 5.74) is 1.31. The average Bonchev–Trinajstić information content (AvgIpc) is 2.99. The molecule has 0 aliphatic carbocycles. The van der Waals surface area contributed by atoms with Gasteiger partial charge >= 0.3 is 5.97 Å². The number of carbonyl (C=O) groups is 2. The second kappa shape index (κ2) is 7.04. The van der Waals surface area contributed by atoms with Crippen molar-refractivity contribution in [2.24, 2.45) is 0 Å². The van der Waals surface area contributed by atoms with E-state index in [1.807, 2.05) is 43.5 Å². The van der Waals surface area contributed by atoms with Gasteiger partial charge in [-0.25, -0.2) is 4.79 Å². The van der Waals surface area contributed by atoms with Gasteiger partial charge in [0.15, 0.2) is 6.61 Å². The molecule has 1 amide bonds. The molecule has 21 heavy (non-hydrogen) atoms. The normalized spacial score (nSPS) is 11.7. The smallest absolute Gasteiger partial charge is 0.338 e. The van der Waals surface area contributed by atoms with Crippen molar-refractivity contribution in [3.63, 3.8) is 0 Å². The SMILES string of the molecule is Cc1ccccc1C(=O)OCC(=O)N[C@H](C)c1cccs1. The Labute approximate surface area is 127 Å². The van der Waals surface area contributed by atoms with Crippen molar-refractivity contribution < 1.29 is 14.3 Å². The fourth-order valence-electron chi connectivity index (χ4n) is 1.90. The number of rotatable bonds is 5. The number of hydrogen-bond donors (Lipinski definition) is 1. The van der Waals surface area contributed by atoms with Crippen LogP contribution in [0.15, 0.2) is 41.8 Å². The molecule has 4 nitrogen and oxygen atoms in total. The Balaban J connectivity index is 1.84. The molecule has 1 atom stereocenters. The molecule has 0 bridgehead atoms. The minimum Gasteiger partial charge on any atom is -0.452 e. The van der Waals surface area contributed by atoms with E-state index < -0.39 is 5.97 Å². The van der Waals surface area contributed by atoms with Crippen LogP contribution in [0.1, 0.15) is 33.8 Å². The fourth-order valence-corrected chi connectivity index (χ4v) is 2.64. The van der Waals surface area contributed by atoms with E-state index in [1.54, 1.807) is 23.5 Å². The van der Waals surface area contributed by atoms with E-state index in [4.69, 9.17) is 4.74 Å². The predicted molar refractivity (Wildman–Crippen MR) is 82.3 cm³/mol. The van der Waals surface area contributed by atoms with Crippen LogP contribution in [-0.2, 0) is 9.53 Å². The van der Waals surface area contributed by atoms with Crippen molar-refractivity contribution in [3.8, 4) is 0 Å². The van der Waals surface area contributed by atoms with Crippen molar-refractivity contribution in [1.29, 1.82) is 0 Å². The van der Waals surface area contributed by atoms with Gasteiger partial charge in [0.25, 0.3) is 5.91 Å². The second-order valence-electron chi connectivity index (χ2n) is 4.70. The summed E-state index contributed by atoms with van der Waals surface area (Å²) in [7, 11) is 0. The summed E-state index contributed by atoms with van der Waals surface area (Å²) in [6.45, 7) is 3.45. The zero-order chi connectivity index (χ0) is 15.2. The second-order valence-corrected chi connectivity index (χ2v) is 5.67. The van der Waals surface area contributed by atoms with Crippen molar-refractivity contribution >= 4 is 23.2 Å². The van der Waals surface area contributed by atoms with Crippen LogP contribution in [0.4, 0.5) is 0 Å². The van der Waals surface area contributed by atoms with E-state index >= 15 is 0 Å². The largest absolute Gasteiger partial charge is 0.452 e. The van der Waals surface area contributed by atoms with Gasteiger partial charge in [-0.15, -0.1) is 11.3 Å². The quantitative estimate of drug-likeness (QED) is 0.864. The summed E-state index contributed by atoms with van der Waals surface area (Å²) in [6, 6.07) is 10.9. The lowest BCUT2D eigenvalue weighted by atomic mass is 10.1. The summed E-state index contributed by atoms with van der Waals surface area (Å²) >= 11 is 1.57. The fraction of sp³-hybridized carbons (Fsp3) is 0.250. The average molecular weight is 303 g/mol. The molecule has 0 saturated heterocycles. The van der Waals surface area contributed by atoms with Gasteiger partial charge in [-0.1, -0.05) is 24.3 Å². The van der Waals surface area contributed by atoms with Gasteiger partial charge in [0, 0.05) is 4.88 Å². The van der Waals surface area contributed by atoms with Crippen molar-refractivity contribution in [1.82, 2.24) is 5.32 Å². The molecule has 2 aromatic rings. The number of carbonyl (C=O) groups excluding carboxylic acids is 2. The molecule has 110 valence electrons. The van der Waals surface area contributed by atoms with E-state index in [9.17, 15) is 9.59 Å². The third kappa shape index (κ3) is 4.16. The van der Waals surface area contributed by atoms with Crippen LogP contribution in [-0.4, -0.2) is 18.5 Å². The Morgan fingerprint density at radius 2 is 2.00 bits per heavy atom. The van der Waals surface area contributed by atoms with Crippen LogP contribution in [0.5, 0.6) is 0 Å². The maximum absolute atomic E-state index is 11.9. The molecule has 0 unspecified atom stereocenters. The minimum absolute atomic E-state index is 0.0883. The molecule has 0 aliphatic rings. The first kappa shape index (κ1) is 15.3. The number of aryl methyl sites for hydroxylation is 1. The molecule has 5 heteroatoms. The molecule has 0 aliphatic heterocycles. The summed E-state index contributed by atoms with van der Waals surface area (Å²) < 4.78 is 5.04. The zero-order valence-electron chi connectivity index (χ0n) is 12.0. The first-order valence-electron chi connectivity index (χ1n) is 6.63. The monoisotopic (exact) mass is 303 g/mol. The molecule has 0 fully saturated rings. The zero-order valence-corrected chi connectivity index (χ0v) is 12.8. The number of thiophene rings is 1. The summed E-state index contributed by atoms with van der Waals surface area (Å²) in [6.07, 6.45) is 0. The summed E-state index contributed by atoms with van der Waals surface area (Å²) in [4.78, 5) is 24.7. The Bertz CT molecular complexity index is 622. The highest BCUT2D eigenvalue weighted by Crippen LogP contribution is 2.17. The van der Waals surface area contributed by atoms with E-state index in [-0.39, 0.29) is 18.6 Å². The summed E-state index contributed by atoms with van der Waals surface area (Å²) in [5, 5.41) is 4.75. The minimum atomic E-state index is -0.480. The molecule has 0 saturated carbocycles. The summed E-state index contributed by atoms with van der Waals surface area (Å²) in [5.74, 6) is -0.787. The van der Waals surface area contributed by atoms with Gasteiger partial charge in [-0.3, -0.25) is 4.79 Å². The molecule has 1 aromatic heterocycles. The van der Waals surface area contributed by atoms with E-state index in [2.05, 4.69) is 5.32 Å². The molecular weight excluding hydrogens is 286 g/mol. The number of amides is 1. The van der Waals surface area contributed by atoms with Gasteiger partial charge in [0.1, 0.15) is 0 Å². The highest BCUT2D eigenvalue weighted by atomic mass is 32.1. The Hall–Kier alpha value is -2.14. The molecule has 1 aromatic carbocycles. The van der Waals surface area contributed by atoms with Gasteiger partial charge in [0.2, 0.25) is 0 Å². The van der Waals surface area contributed by atoms with E-state index in [0.717, 1.165) is 10.4 Å². The third-order valence-corrected chi connectivity index (χ3v) is 4.10. The van der Waals surface area contributed by atoms with Crippen LogP contribution in [0.3, 0.4) is 0 Å². The molecule has 2 rings (SSSR count). The van der Waals surface area contributed by atoms with Crippen LogP contribution in [0, 0.1) is 6.92 Å². The van der Waals surface area contributed by atoms with Crippen LogP contribution in [0.2, 0.25) is 0 Å². The number of ether oxygens (including phenoxy) is 1. The lowest BCUT2D eigenvalue weighted by Crippen LogP contribution is -2.30. The van der Waals surface area contributed by atoms with Crippen LogP contribution in [0.25, 0.3) is 0 Å². The molecular formula is C16H17NO3S. The van der Waals surface area contributed by atoms with Gasteiger partial charge in [0.05, 0.1) is 11.6 Å². The highest BCUT2D eigenvalue weighted by molar-refractivity contribution is 7.10. The standard InChI is InChI=1S/C16H17NO3S/c1-11-6-3-4-7-13(11)16(19)20-10-15(18)17-12(2)14-8-5-9-21-14/h3-9,12H,10H2,1-2H3,(H,17,18)/t12-/m1/s1. The van der Waals surface area contributed by atoms with Gasteiger partial charge in [-0.2, -0.15) is 0 Å². The lowest BCUT2D eigenvalue weighted by molar-refractivity contribution is -0.124. The van der Waals surface area contributed by atoms with Crippen molar-refractivity contribution in [2.45, 2.75) is 19.9 Å². The Kier molecular flexibility index (Phi) is 5.11. The topological polar surface area (TPSA) is 55.4 Å². The number of esters is 1. The Morgan fingerprint density at radius 3 is 2.67 bits per heavy atom. The molecule has 0 radical (unpaired) electrons. The number of hydrogen-bond acceptors (Lipinski definition) is 4. The highest BCUT2D eigenvalue weighted by Gasteiger charge is 2.14. The lowest BCUT2D eigenvalue weighted by Gasteiger charge is -2.12. The number of nitrogens with one attached hydrogen (secondary N) is 1. The van der Waals surface area contributed by atoms with Crippen molar-refractivity contribution in [3.05, 3.63) is 57.8 Å². The van der Waals surface area contributed by atoms with E-state index in [0.29, 0.717) is 5.56 Å². The first-order valence-corrected chi connectivity index (χ1v) is 7.51. The maximum Gasteiger partial charge on any atom is 0.338 e. The molecule has 1 heterocycles. The van der Waals surface area contributed by atoms with Crippen LogP contribution < -0.4 is 5.32 Å². The Morgan fingerprint density at radius 1 is 1.24 bits per heavy atom. The predicted octanol–water partition coefficient (Wildman–Crippen LogP) is 3.09. The van der Waals surface area contributed by atoms with Gasteiger partial charge in [-0.05, 0) is 36.9 Å². The maximum atomic E-state index is 11.9.